The quantitative estimate of drug-likeness (QED) is 0.424. The summed E-state index contributed by atoms with van der Waals surface area (Å²) in [6, 6.07) is 19.3. The molecule has 2 amide bonds. The molecule has 0 aromatic heterocycles. The summed E-state index contributed by atoms with van der Waals surface area (Å²) in [6.45, 7) is 4.75. The minimum absolute atomic E-state index is 0.0402. The number of benzene rings is 3. The fourth-order valence-electron chi connectivity index (χ4n) is 4.43. The molecule has 4 rings (SSSR count). The molecule has 1 saturated heterocycles. The van der Waals surface area contributed by atoms with Gasteiger partial charge in [0.05, 0.1) is 12.0 Å². The number of methoxy groups -OCH3 is 1. The van der Waals surface area contributed by atoms with Gasteiger partial charge in [0, 0.05) is 37.4 Å². The Morgan fingerprint density at radius 3 is 2.23 bits per heavy atom. The number of carbonyl (C=O) groups excluding carboxylic acids is 2. The monoisotopic (exact) mass is 550 g/mol. The number of anilines is 1. The zero-order valence-electron chi connectivity index (χ0n) is 22.4. The first-order valence-electron chi connectivity index (χ1n) is 12.8. The number of amides is 2. The third-order valence-corrected chi connectivity index (χ3v) is 8.23. The molecule has 10 heteroatoms. The van der Waals surface area contributed by atoms with Crippen molar-refractivity contribution in [3.63, 3.8) is 0 Å². The number of aryl methyl sites for hydroxylation is 1. The van der Waals surface area contributed by atoms with Crippen LogP contribution in [0.1, 0.15) is 21.5 Å². The topological polar surface area (TPSA) is 108 Å². The maximum atomic E-state index is 13.4. The SMILES string of the molecule is COc1ccc(S(=O)(=O)N[C@H](Cc2ccccc2)C(=O)Nc2ccc(C(=O)N3CCN(C)CC3)cc2)cc1C. The van der Waals surface area contributed by atoms with Gasteiger partial charge in [0.1, 0.15) is 11.8 Å². The lowest BCUT2D eigenvalue weighted by Gasteiger charge is -2.32. The summed E-state index contributed by atoms with van der Waals surface area (Å²) in [4.78, 5) is 30.2. The number of piperazine rings is 1. The third-order valence-electron chi connectivity index (χ3n) is 6.76. The van der Waals surface area contributed by atoms with Crippen molar-refractivity contribution in [1.82, 2.24) is 14.5 Å². The molecule has 0 bridgehead atoms. The molecule has 0 spiro atoms. The number of nitrogens with one attached hydrogen (secondary N) is 2. The molecular weight excluding hydrogens is 516 g/mol. The zero-order chi connectivity index (χ0) is 28.0. The highest BCUT2D eigenvalue weighted by Gasteiger charge is 2.27. The van der Waals surface area contributed by atoms with Crippen LogP contribution in [0.15, 0.2) is 77.7 Å². The number of hydrogen-bond donors (Lipinski definition) is 2. The minimum atomic E-state index is -4.02. The van der Waals surface area contributed by atoms with Crippen LogP contribution in [-0.4, -0.2) is 76.4 Å². The van der Waals surface area contributed by atoms with Crippen LogP contribution in [-0.2, 0) is 21.2 Å². The Kier molecular flexibility index (Phi) is 9.01. The van der Waals surface area contributed by atoms with Crippen LogP contribution in [0.5, 0.6) is 5.75 Å². The van der Waals surface area contributed by atoms with Crippen LogP contribution in [0.2, 0.25) is 0 Å². The summed E-state index contributed by atoms with van der Waals surface area (Å²) in [7, 11) is -0.471. The van der Waals surface area contributed by atoms with Gasteiger partial charge in [0.15, 0.2) is 0 Å². The number of ether oxygens (including phenoxy) is 1. The number of sulfonamides is 1. The Bertz CT molecular complexity index is 1400. The molecule has 2 N–H and O–H groups in total. The van der Waals surface area contributed by atoms with E-state index in [0.29, 0.717) is 35.7 Å². The molecule has 9 nitrogen and oxygen atoms in total. The normalized spacial score (nSPS) is 15.0. The maximum Gasteiger partial charge on any atom is 0.253 e. The summed E-state index contributed by atoms with van der Waals surface area (Å²) in [5, 5.41) is 2.80. The highest BCUT2D eigenvalue weighted by molar-refractivity contribution is 7.89. The van der Waals surface area contributed by atoms with Gasteiger partial charge in [0.25, 0.3) is 5.91 Å². The van der Waals surface area contributed by atoms with E-state index in [0.717, 1.165) is 18.7 Å². The average molecular weight is 551 g/mol. The van der Waals surface area contributed by atoms with Gasteiger partial charge in [-0.25, -0.2) is 8.42 Å². The molecule has 0 unspecified atom stereocenters. The minimum Gasteiger partial charge on any atom is -0.496 e. The Balaban J connectivity index is 1.50. The van der Waals surface area contributed by atoms with Crippen LogP contribution >= 0.6 is 0 Å². The van der Waals surface area contributed by atoms with Crippen LogP contribution in [0.3, 0.4) is 0 Å². The molecule has 3 aromatic carbocycles. The number of likely N-dealkylation sites (N-methyl/N-ethyl adjacent to an activating group) is 1. The van der Waals surface area contributed by atoms with Gasteiger partial charge < -0.3 is 19.9 Å². The standard InChI is InChI=1S/C29H34N4O5S/c1-21-19-25(13-14-27(21)38-3)39(36,37)31-26(20-22-7-5-4-6-8-22)28(34)30-24-11-9-23(10-12-24)29(35)33-17-15-32(2)16-18-33/h4-14,19,26,31H,15-18,20H2,1-3H3,(H,30,34)/t26-/m1/s1. The first-order chi connectivity index (χ1) is 18.7. The fraction of sp³-hybridized carbons (Fsp3) is 0.310. The van der Waals surface area contributed by atoms with Gasteiger partial charge in [-0.15, -0.1) is 0 Å². The molecule has 0 radical (unpaired) electrons. The van der Waals surface area contributed by atoms with Crippen molar-refractivity contribution in [2.24, 2.45) is 0 Å². The second kappa shape index (κ2) is 12.4. The van der Waals surface area contributed by atoms with Gasteiger partial charge in [-0.1, -0.05) is 30.3 Å². The molecule has 3 aromatic rings. The van der Waals surface area contributed by atoms with E-state index in [1.165, 1.54) is 19.2 Å². The highest BCUT2D eigenvalue weighted by atomic mass is 32.2. The zero-order valence-corrected chi connectivity index (χ0v) is 23.2. The lowest BCUT2D eigenvalue weighted by atomic mass is 10.1. The van der Waals surface area contributed by atoms with Gasteiger partial charge in [-0.3, -0.25) is 9.59 Å². The summed E-state index contributed by atoms with van der Waals surface area (Å²) >= 11 is 0. The molecule has 39 heavy (non-hydrogen) atoms. The second-order valence-electron chi connectivity index (χ2n) is 9.66. The number of nitrogens with zero attached hydrogens (tertiary/aromatic N) is 2. The van der Waals surface area contributed by atoms with Gasteiger partial charge in [-0.2, -0.15) is 4.72 Å². The van der Waals surface area contributed by atoms with E-state index in [2.05, 4.69) is 14.9 Å². The smallest absolute Gasteiger partial charge is 0.253 e. The summed E-state index contributed by atoms with van der Waals surface area (Å²) in [6.07, 6.45) is 0.154. The van der Waals surface area contributed by atoms with E-state index < -0.39 is 22.0 Å². The molecule has 1 atom stereocenters. The Morgan fingerprint density at radius 1 is 0.949 bits per heavy atom. The van der Waals surface area contributed by atoms with Crippen LogP contribution in [0.25, 0.3) is 0 Å². The number of rotatable bonds is 9. The highest BCUT2D eigenvalue weighted by Crippen LogP contribution is 2.22. The van der Waals surface area contributed by atoms with Crippen molar-refractivity contribution in [3.05, 3.63) is 89.5 Å². The van der Waals surface area contributed by atoms with E-state index in [4.69, 9.17) is 4.74 Å². The van der Waals surface area contributed by atoms with Crippen molar-refractivity contribution in [3.8, 4) is 5.75 Å². The van der Waals surface area contributed by atoms with Gasteiger partial charge in [-0.05, 0) is 74.0 Å². The van der Waals surface area contributed by atoms with E-state index in [1.807, 2.05) is 42.3 Å². The van der Waals surface area contributed by atoms with E-state index >= 15 is 0 Å². The summed E-state index contributed by atoms with van der Waals surface area (Å²) < 4.78 is 34.3. The second-order valence-corrected chi connectivity index (χ2v) is 11.4. The van der Waals surface area contributed by atoms with Crippen molar-refractivity contribution >= 4 is 27.5 Å². The average Bonchev–Trinajstić information content (AvgIpc) is 2.93. The molecule has 1 fully saturated rings. The van der Waals surface area contributed by atoms with Crippen molar-refractivity contribution in [1.29, 1.82) is 0 Å². The number of hydrogen-bond acceptors (Lipinski definition) is 6. The first-order valence-corrected chi connectivity index (χ1v) is 14.2. The van der Waals surface area contributed by atoms with E-state index in [-0.39, 0.29) is 17.2 Å². The first kappa shape index (κ1) is 28.3. The Hall–Kier alpha value is -3.73. The van der Waals surface area contributed by atoms with Gasteiger partial charge >= 0.3 is 0 Å². The predicted octanol–water partition coefficient (Wildman–Crippen LogP) is 2.92. The molecule has 1 aliphatic heterocycles. The Labute approximate surface area is 229 Å². The lowest BCUT2D eigenvalue weighted by molar-refractivity contribution is -0.117. The molecule has 1 aliphatic rings. The van der Waals surface area contributed by atoms with Gasteiger partial charge in [0.2, 0.25) is 15.9 Å². The van der Waals surface area contributed by atoms with Crippen LogP contribution < -0.4 is 14.8 Å². The summed E-state index contributed by atoms with van der Waals surface area (Å²) in [5.41, 5.74) is 2.47. The predicted molar refractivity (Wildman–Crippen MR) is 150 cm³/mol. The van der Waals surface area contributed by atoms with E-state index in [1.54, 1.807) is 37.3 Å². The largest absolute Gasteiger partial charge is 0.496 e. The molecule has 1 heterocycles. The molecule has 206 valence electrons. The fourth-order valence-corrected chi connectivity index (χ4v) is 5.71. The maximum absolute atomic E-state index is 13.4. The molecule has 0 aliphatic carbocycles. The molecular formula is C29H34N4O5S. The van der Waals surface area contributed by atoms with Crippen molar-refractivity contribution < 1.29 is 22.7 Å². The van der Waals surface area contributed by atoms with Crippen molar-refractivity contribution in [2.75, 3.05) is 45.7 Å². The van der Waals surface area contributed by atoms with E-state index in [9.17, 15) is 18.0 Å². The summed E-state index contributed by atoms with van der Waals surface area (Å²) in [5.74, 6) is 0.0124. The number of carbonyl (C=O) groups is 2. The molecule has 0 saturated carbocycles. The van der Waals surface area contributed by atoms with Crippen LogP contribution in [0, 0.1) is 6.92 Å². The van der Waals surface area contributed by atoms with Crippen molar-refractivity contribution in [2.45, 2.75) is 24.3 Å². The lowest BCUT2D eigenvalue weighted by Crippen LogP contribution is -2.47. The van der Waals surface area contributed by atoms with Crippen LogP contribution in [0.4, 0.5) is 5.69 Å². The third kappa shape index (κ3) is 7.23. The Morgan fingerprint density at radius 2 is 1.62 bits per heavy atom.